The minimum Gasteiger partial charge on any atom is -0.318 e. The van der Waals surface area contributed by atoms with E-state index < -0.39 is 0 Å². The number of hydrogen-bond donors (Lipinski definition) is 1. The molecule has 2 aliphatic heterocycles. The summed E-state index contributed by atoms with van der Waals surface area (Å²) in [5, 5.41) is 15.7. The smallest absolute Gasteiger partial charge is 0.283 e. The van der Waals surface area contributed by atoms with E-state index in [9.17, 15) is 4.79 Å². The quantitative estimate of drug-likeness (QED) is 0.620. The lowest BCUT2D eigenvalue weighted by molar-refractivity contribution is -0.114. The molecule has 0 fully saturated rings. The van der Waals surface area contributed by atoms with E-state index in [0.29, 0.717) is 11.1 Å². The van der Waals surface area contributed by atoms with Gasteiger partial charge >= 0.3 is 0 Å². The molecule has 0 saturated carbocycles. The summed E-state index contributed by atoms with van der Waals surface area (Å²) in [7, 11) is 0. The molecule has 1 amide bonds. The number of amidine groups is 2. The van der Waals surface area contributed by atoms with Crippen molar-refractivity contribution in [3.63, 3.8) is 0 Å². The zero-order valence-corrected chi connectivity index (χ0v) is 19.4. The Bertz CT molecular complexity index is 1150. The van der Waals surface area contributed by atoms with E-state index in [1.165, 1.54) is 22.3 Å². The minimum absolute atomic E-state index is 0.0775. The normalized spacial score (nSPS) is 18.4. The van der Waals surface area contributed by atoms with Gasteiger partial charge in [0.15, 0.2) is 5.84 Å². The van der Waals surface area contributed by atoms with Gasteiger partial charge in [-0.15, -0.1) is 0 Å². The van der Waals surface area contributed by atoms with Gasteiger partial charge in [-0.3, -0.25) is 10.2 Å². The summed E-state index contributed by atoms with van der Waals surface area (Å²) in [6.45, 7) is 10.5. The van der Waals surface area contributed by atoms with Gasteiger partial charge in [0.2, 0.25) is 5.17 Å². The number of benzene rings is 1. The molecule has 0 bridgehead atoms. The van der Waals surface area contributed by atoms with E-state index in [4.69, 9.17) is 5.41 Å². The molecule has 7 heteroatoms. The average Bonchev–Trinajstić information content (AvgIpc) is 3.30. The number of nitrogens with zero attached hydrogens (tertiary/aromatic N) is 4. The lowest BCUT2D eigenvalue weighted by Crippen LogP contribution is -2.35. The third-order valence-electron chi connectivity index (χ3n) is 5.90. The van der Waals surface area contributed by atoms with Crippen LogP contribution in [0.2, 0.25) is 0 Å². The zero-order valence-electron chi connectivity index (χ0n) is 18.6. The van der Waals surface area contributed by atoms with Crippen LogP contribution in [-0.4, -0.2) is 31.5 Å². The first kappa shape index (κ1) is 21.3. The average molecular weight is 434 g/mol. The maximum atomic E-state index is 12.7. The number of aryl methyl sites for hydroxylation is 1. The van der Waals surface area contributed by atoms with Crippen molar-refractivity contribution in [3.8, 4) is 5.69 Å². The minimum atomic E-state index is -0.390. The molecule has 2 aliphatic rings. The molecule has 0 radical (unpaired) electrons. The number of aromatic nitrogens is 1. The van der Waals surface area contributed by atoms with Gasteiger partial charge in [-0.2, -0.15) is 15.1 Å². The molecule has 1 N–H and O–H groups in total. The highest BCUT2D eigenvalue weighted by molar-refractivity contribution is 8.26. The van der Waals surface area contributed by atoms with Crippen molar-refractivity contribution >= 4 is 39.8 Å². The predicted molar refractivity (Wildman–Crippen MR) is 129 cm³/mol. The third kappa shape index (κ3) is 3.78. The number of aliphatic imine (C=N–C) groups is 1. The zero-order chi connectivity index (χ0) is 22.3. The molecule has 3 heterocycles. The van der Waals surface area contributed by atoms with E-state index in [1.54, 1.807) is 6.08 Å². The van der Waals surface area contributed by atoms with Crippen LogP contribution < -0.4 is 0 Å². The summed E-state index contributed by atoms with van der Waals surface area (Å²) >= 11 is 1.35. The summed E-state index contributed by atoms with van der Waals surface area (Å²) in [5.74, 6) is 0.224. The highest BCUT2D eigenvalue weighted by Crippen LogP contribution is 2.30. The van der Waals surface area contributed by atoms with Crippen LogP contribution >= 0.6 is 11.8 Å². The molecule has 1 aromatic carbocycles. The first-order chi connectivity index (χ1) is 14.8. The van der Waals surface area contributed by atoms with Gasteiger partial charge in [0.05, 0.1) is 5.57 Å². The van der Waals surface area contributed by atoms with Crippen molar-refractivity contribution in [1.29, 1.82) is 5.41 Å². The number of nitrogens with one attached hydrogen (secondary N) is 1. The van der Waals surface area contributed by atoms with E-state index in [0.717, 1.165) is 40.5 Å². The van der Waals surface area contributed by atoms with Crippen LogP contribution in [0.15, 0.2) is 46.0 Å². The van der Waals surface area contributed by atoms with Crippen molar-refractivity contribution in [3.05, 3.63) is 58.4 Å². The van der Waals surface area contributed by atoms with Crippen LogP contribution in [-0.2, 0) is 4.79 Å². The molecule has 160 valence electrons. The molecule has 6 nitrogen and oxygen atoms in total. The maximum absolute atomic E-state index is 12.7. The number of hydrazone groups is 1. The Hall–Kier alpha value is -2.93. The van der Waals surface area contributed by atoms with Gasteiger partial charge in [0.1, 0.15) is 5.04 Å². The van der Waals surface area contributed by atoms with Crippen molar-refractivity contribution in [2.45, 2.75) is 53.4 Å². The summed E-state index contributed by atoms with van der Waals surface area (Å²) in [4.78, 5) is 16.8. The van der Waals surface area contributed by atoms with E-state index >= 15 is 0 Å². The molecule has 1 unspecified atom stereocenters. The Morgan fingerprint density at radius 2 is 1.90 bits per heavy atom. The lowest BCUT2D eigenvalue weighted by atomic mass is 9.98. The Kier molecular flexibility index (Phi) is 5.71. The fourth-order valence-electron chi connectivity index (χ4n) is 3.85. The van der Waals surface area contributed by atoms with E-state index in [1.807, 2.05) is 19.9 Å². The molecular formula is C24H27N5OS. The number of carbonyl (C=O) groups excluding carboxylic acids is 1. The van der Waals surface area contributed by atoms with Crippen molar-refractivity contribution in [2.75, 3.05) is 0 Å². The van der Waals surface area contributed by atoms with Crippen LogP contribution in [0.4, 0.5) is 0 Å². The topological polar surface area (TPSA) is 73.8 Å². The molecular weight excluding hydrogens is 406 g/mol. The second-order valence-corrected chi connectivity index (χ2v) is 8.97. The summed E-state index contributed by atoms with van der Waals surface area (Å²) in [6.07, 6.45) is 3.63. The Morgan fingerprint density at radius 1 is 1.19 bits per heavy atom. The van der Waals surface area contributed by atoms with E-state index in [2.05, 4.69) is 59.7 Å². The maximum Gasteiger partial charge on any atom is 0.283 e. The first-order valence-corrected chi connectivity index (χ1v) is 11.4. The van der Waals surface area contributed by atoms with Crippen LogP contribution in [0.25, 0.3) is 11.8 Å². The molecule has 0 saturated heterocycles. The molecule has 1 aromatic heterocycles. The second-order valence-electron chi connectivity index (χ2n) is 7.93. The summed E-state index contributed by atoms with van der Waals surface area (Å²) < 4.78 is 2.18. The van der Waals surface area contributed by atoms with Gasteiger partial charge in [-0.25, -0.2) is 0 Å². The molecule has 1 atom stereocenters. The largest absolute Gasteiger partial charge is 0.318 e. The monoisotopic (exact) mass is 433 g/mol. The first-order valence-electron chi connectivity index (χ1n) is 10.6. The van der Waals surface area contributed by atoms with Gasteiger partial charge in [0.25, 0.3) is 5.91 Å². The van der Waals surface area contributed by atoms with Crippen molar-refractivity contribution in [1.82, 2.24) is 9.58 Å². The van der Waals surface area contributed by atoms with Crippen molar-refractivity contribution < 1.29 is 4.79 Å². The fraction of sp³-hybridized carbons (Fsp3) is 0.333. The van der Waals surface area contributed by atoms with Gasteiger partial charge < -0.3 is 4.57 Å². The summed E-state index contributed by atoms with van der Waals surface area (Å²) in [6, 6.07) is 10.7. The number of hydrogen-bond acceptors (Lipinski definition) is 4. The molecule has 4 rings (SSSR count). The van der Waals surface area contributed by atoms with Crippen LogP contribution in [0, 0.1) is 19.3 Å². The standard InChI is InChI=1S/C24H27N5OS/c1-6-14(3)17-8-10-19(11-9-17)28-15(4)12-18(16(28)5)13-20-22(25)29-24(26-23(20)30)31-21(7-2)27-29/h8-14,25H,6-7H2,1-5H3/b20-13+,25-22?. The van der Waals surface area contributed by atoms with Gasteiger partial charge in [-0.1, -0.05) is 32.9 Å². The van der Waals surface area contributed by atoms with Crippen LogP contribution in [0.5, 0.6) is 0 Å². The van der Waals surface area contributed by atoms with Crippen molar-refractivity contribution in [2.24, 2.45) is 10.1 Å². The number of carbonyl (C=O) groups is 1. The van der Waals surface area contributed by atoms with Crippen LogP contribution in [0.1, 0.15) is 62.0 Å². The molecule has 0 spiro atoms. The number of amides is 1. The van der Waals surface area contributed by atoms with Gasteiger partial charge in [-0.05, 0) is 79.8 Å². The second kappa shape index (κ2) is 8.30. The SMILES string of the molecule is CCC1=NN2C(=N)/C(=C\c3cc(C)n(-c4ccc(C(C)CC)cc4)c3C)C(=O)N=C2S1. The van der Waals surface area contributed by atoms with Gasteiger partial charge in [0, 0.05) is 17.1 Å². The Labute approximate surface area is 187 Å². The van der Waals surface area contributed by atoms with Crippen LogP contribution in [0.3, 0.4) is 0 Å². The number of thioether (sulfide) groups is 1. The fourth-order valence-corrected chi connectivity index (χ4v) is 4.67. The van der Waals surface area contributed by atoms with E-state index in [-0.39, 0.29) is 17.3 Å². The predicted octanol–water partition coefficient (Wildman–Crippen LogP) is 5.64. The highest BCUT2D eigenvalue weighted by atomic mass is 32.2. The molecule has 0 aliphatic carbocycles. The Balaban J connectivity index is 1.69. The molecule has 31 heavy (non-hydrogen) atoms. The number of fused-ring (bicyclic) bond motifs is 1. The third-order valence-corrected chi connectivity index (χ3v) is 6.95. The lowest BCUT2D eigenvalue weighted by Gasteiger charge is -2.20. The highest BCUT2D eigenvalue weighted by Gasteiger charge is 2.35. The Morgan fingerprint density at radius 3 is 2.55 bits per heavy atom. The number of rotatable bonds is 5. The molecule has 2 aromatic rings. The summed E-state index contributed by atoms with van der Waals surface area (Å²) in [5.41, 5.74) is 5.68.